The number of carbonyl (C=O) groups excluding carboxylic acids is 3. The lowest BCUT2D eigenvalue weighted by Gasteiger charge is -2.18. The second-order valence-electron chi connectivity index (χ2n) is 5.22. The highest BCUT2D eigenvalue weighted by Crippen LogP contribution is 2.16. The van der Waals surface area contributed by atoms with Crippen molar-refractivity contribution < 1.29 is 23.9 Å². The number of para-hydroxylation sites is 1. The van der Waals surface area contributed by atoms with Crippen molar-refractivity contribution in [3.05, 3.63) is 29.8 Å². The molecule has 7 heteroatoms. The van der Waals surface area contributed by atoms with Crippen LogP contribution in [-0.2, 0) is 14.3 Å². The molecule has 1 aromatic rings. The highest BCUT2D eigenvalue weighted by atomic mass is 16.6. The Hall–Kier alpha value is -2.57. The fourth-order valence-electron chi connectivity index (χ4n) is 2.17. The van der Waals surface area contributed by atoms with Crippen molar-refractivity contribution in [2.75, 3.05) is 19.7 Å². The summed E-state index contributed by atoms with van der Waals surface area (Å²) in [7, 11) is 0. The Morgan fingerprint density at radius 1 is 1.35 bits per heavy atom. The summed E-state index contributed by atoms with van der Waals surface area (Å²) >= 11 is 0. The lowest BCUT2D eigenvalue weighted by Crippen LogP contribution is -2.41. The van der Waals surface area contributed by atoms with Crippen molar-refractivity contribution in [1.29, 1.82) is 0 Å². The van der Waals surface area contributed by atoms with Gasteiger partial charge in [-0.05, 0) is 25.5 Å². The minimum absolute atomic E-state index is 0.0259. The van der Waals surface area contributed by atoms with E-state index in [2.05, 4.69) is 5.32 Å². The van der Waals surface area contributed by atoms with E-state index in [4.69, 9.17) is 9.47 Å². The zero-order chi connectivity index (χ0) is 16.8. The summed E-state index contributed by atoms with van der Waals surface area (Å²) < 4.78 is 10.6. The summed E-state index contributed by atoms with van der Waals surface area (Å²) in [6.07, 6.45) is -0.970. The fourth-order valence-corrected chi connectivity index (χ4v) is 2.17. The average Bonchev–Trinajstić information content (AvgIpc) is 2.94. The summed E-state index contributed by atoms with van der Waals surface area (Å²) in [6, 6.07) is 7.02. The Morgan fingerprint density at radius 2 is 2.09 bits per heavy atom. The Balaban J connectivity index is 1.75. The molecule has 0 spiro atoms. The van der Waals surface area contributed by atoms with Gasteiger partial charge in [0, 0.05) is 13.1 Å². The number of rotatable bonds is 6. The second-order valence-corrected chi connectivity index (χ2v) is 5.22. The van der Waals surface area contributed by atoms with E-state index in [-0.39, 0.29) is 19.6 Å². The van der Waals surface area contributed by atoms with Crippen molar-refractivity contribution in [3.63, 3.8) is 0 Å². The largest absolute Gasteiger partial charge is 0.493 e. The number of hydrogen-bond acceptors (Lipinski definition) is 5. The SMILES string of the molecule is Cc1ccccc1OCCC(=O)O[C@H](C)C(=O)N1CCNC1=O. The van der Waals surface area contributed by atoms with Crippen LogP contribution in [0.1, 0.15) is 18.9 Å². The summed E-state index contributed by atoms with van der Waals surface area (Å²) in [5, 5.41) is 2.52. The third kappa shape index (κ3) is 4.45. The molecule has 23 heavy (non-hydrogen) atoms. The van der Waals surface area contributed by atoms with Crippen LogP contribution in [0.15, 0.2) is 24.3 Å². The molecule has 1 N–H and O–H groups in total. The first-order valence-corrected chi connectivity index (χ1v) is 7.46. The number of benzene rings is 1. The zero-order valence-electron chi connectivity index (χ0n) is 13.2. The molecule has 1 aliphatic rings. The van der Waals surface area contributed by atoms with Crippen LogP contribution in [0.4, 0.5) is 4.79 Å². The van der Waals surface area contributed by atoms with Crippen LogP contribution >= 0.6 is 0 Å². The molecule has 0 unspecified atom stereocenters. The van der Waals surface area contributed by atoms with Gasteiger partial charge in [-0.3, -0.25) is 14.5 Å². The molecule has 1 heterocycles. The van der Waals surface area contributed by atoms with Crippen molar-refractivity contribution in [3.8, 4) is 5.75 Å². The number of carbonyl (C=O) groups is 3. The van der Waals surface area contributed by atoms with Crippen LogP contribution in [0.5, 0.6) is 5.75 Å². The molecule has 124 valence electrons. The van der Waals surface area contributed by atoms with E-state index in [0.29, 0.717) is 12.3 Å². The highest BCUT2D eigenvalue weighted by molar-refractivity contribution is 5.98. The van der Waals surface area contributed by atoms with E-state index in [9.17, 15) is 14.4 Å². The van der Waals surface area contributed by atoms with Gasteiger partial charge in [-0.25, -0.2) is 4.79 Å². The smallest absolute Gasteiger partial charge is 0.324 e. The van der Waals surface area contributed by atoms with E-state index < -0.39 is 24.0 Å². The predicted molar refractivity (Wildman–Crippen MR) is 82.0 cm³/mol. The van der Waals surface area contributed by atoms with Crippen LogP contribution in [0.2, 0.25) is 0 Å². The Labute approximate surface area is 134 Å². The first kappa shape index (κ1) is 16.8. The van der Waals surface area contributed by atoms with Crippen LogP contribution < -0.4 is 10.1 Å². The molecule has 2 rings (SSSR count). The van der Waals surface area contributed by atoms with Crippen LogP contribution in [0, 0.1) is 6.92 Å². The van der Waals surface area contributed by atoms with Crippen LogP contribution in [-0.4, -0.2) is 48.6 Å². The molecule has 1 aromatic carbocycles. The third-order valence-electron chi connectivity index (χ3n) is 3.44. The van der Waals surface area contributed by atoms with Crippen molar-refractivity contribution >= 4 is 17.9 Å². The topological polar surface area (TPSA) is 84.9 Å². The molecule has 3 amide bonds. The number of hydrogen-bond donors (Lipinski definition) is 1. The standard InChI is InChI=1S/C16H20N2O5/c1-11-5-3-4-6-13(11)22-10-7-14(19)23-12(2)15(20)18-9-8-17-16(18)21/h3-6,12H,7-10H2,1-2H3,(H,17,21)/t12-/m1/s1. The maximum Gasteiger partial charge on any atom is 0.324 e. The maximum atomic E-state index is 12.0. The van der Waals surface area contributed by atoms with Crippen LogP contribution in [0.3, 0.4) is 0 Å². The van der Waals surface area contributed by atoms with Gasteiger partial charge in [0.05, 0.1) is 13.0 Å². The summed E-state index contributed by atoms with van der Waals surface area (Å²) in [6.45, 7) is 4.23. The highest BCUT2D eigenvalue weighted by Gasteiger charge is 2.31. The van der Waals surface area contributed by atoms with Gasteiger partial charge in [0.15, 0.2) is 6.10 Å². The molecule has 0 aromatic heterocycles. The Morgan fingerprint density at radius 3 is 2.74 bits per heavy atom. The molecular weight excluding hydrogens is 300 g/mol. The minimum atomic E-state index is -0.996. The second kappa shape index (κ2) is 7.62. The number of amides is 3. The molecule has 0 saturated carbocycles. The average molecular weight is 320 g/mol. The summed E-state index contributed by atoms with van der Waals surface area (Å²) in [4.78, 5) is 36.2. The molecule has 7 nitrogen and oxygen atoms in total. The van der Waals surface area contributed by atoms with Gasteiger partial charge in [-0.2, -0.15) is 0 Å². The fraction of sp³-hybridized carbons (Fsp3) is 0.438. The zero-order valence-corrected chi connectivity index (χ0v) is 13.2. The molecule has 0 aliphatic carbocycles. The van der Waals surface area contributed by atoms with Gasteiger partial charge in [-0.1, -0.05) is 18.2 Å². The van der Waals surface area contributed by atoms with Crippen molar-refractivity contribution in [2.24, 2.45) is 0 Å². The van der Waals surface area contributed by atoms with Gasteiger partial charge >= 0.3 is 12.0 Å². The lowest BCUT2D eigenvalue weighted by atomic mass is 10.2. The van der Waals surface area contributed by atoms with E-state index in [1.165, 1.54) is 6.92 Å². The maximum absolute atomic E-state index is 12.0. The number of imide groups is 1. The van der Waals surface area contributed by atoms with E-state index in [1.54, 1.807) is 0 Å². The van der Waals surface area contributed by atoms with Gasteiger partial charge in [-0.15, -0.1) is 0 Å². The van der Waals surface area contributed by atoms with Crippen molar-refractivity contribution in [1.82, 2.24) is 10.2 Å². The number of aryl methyl sites for hydroxylation is 1. The Kier molecular flexibility index (Phi) is 5.56. The van der Waals surface area contributed by atoms with Crippen LogP contribution in [0.25, 0.3) is 0 Å². The summed E-state index contributed by atoms with van der Waals surface area (Å²) in [5.41, 5.74) is 0.976. The number of urea groups is 1. The van der Waals surface area contributed by atoms with Gasteiger partial charge in [0.1, 0.15) is 5.75 Å². The van der Waals surface area contributed by atoms with E-state index >= 15 is 0 Å². The van der Waals surface area contributed by atoms with Gasteiger partial charge in [0.25, 0.3) is 5.91 Å². The van der Waals surface area contributed by atoms with Gasteiger partial charge < -0.3 is 14.8 Å². The number of esters is 1. The molecule has 1 atom stereocenters. The third-order valence-corrected chi connectivity index (χ3v) is 3.44. The number of nitrogens with zero attached hydrogens (tertiary/aromatic N) is 1. The normalized spacial score (nSPS) is 15.0. The molecular formula is C16H20N2O5. The molecule has 1 saturated heterocycles. The molecule has 1 fully saturated rings. The molecule has 0 radical (unpaired) electrons. The first-order chi connectivity index (χ1) is 11.0. The molecule has 0 bridgehead atoms. The van der Waals surface area contributed by atoms with E-state index in [0.717, 1.165) is 10.5 Å². The summed E-state index contributed by atoms with van der Waals surface area (Å²) in [5.74, 6) is -0.356. The predicted octanol–water partition coefficient (Wildman–Crippen LogP) is 1.25. The number of ether oxygens (including phenoxy) is 2. The quantitative estimate of drug-likeness (QED) is 0.797. The minimum Gasteiger partial charge on any atom is -0.493 e. The Bertz CT molecular complexity index is 602. The molecule has 1 aliphatic heterocycles. The number of nitrogens with one attached hydrogen (secondary N) is 1. The van der Waals surface area contributed by atoms with E-state index in [1.807, 2.05) is 31.2 Å². The lowest BCUT2D eigenvalue weighted by molar-refractivity contribution is -0.157. The van der Waals surface area contributed by atoms with Gasteiger partial charge in [0.2, 0.25) is 0 Å². The van der Waals surface area contributed by atoms with Crippen molar-refractivity contribution in [2.45, 2.75) is 26.4 Å². The monoisotopic (exact) mass is 320 g/mol. The first-order valence-electron chi connectivity index (χ1n) is 7.46.